The Kier molecular flexibility index (Phi) is 5.89. The van der Waals surface area contributed by atoms with Gasteiger partial charge < -0.3 is 24.3 Å². The van der Waals surface area contributed by atoms with E-state index in [1.54, 1.807) is 18.2 Å². The molecule has 0 unspecified atom stereocenters. The molecular weight excluding hydrogens is 328 g/mol. The lowest BCUT2D eigenvalue weighted by atomic mass is 10.1. The minimum Gasteiger partial charge on any atom is -0.495 e. The molecule has 0 saturated carbocycles. The van der Waals surface area contributed by atoms with Gasteiger partial charge in [0, 0.05) is 18.7 Å². The Bertz CT molecular complexity index is 738. The van der Waals surface area contributed by atoms with Crippen molar-refractivity contribution in [2.75, 3.05) is 33.8 Å². The highest BCUT2D eigenvalue weighted by molar-refractivity contribution is 5.62. The van der Waals surface area contributed by atoms with Crippen LogP contribution in [0.4, 0.5) is 11.4 Å². The highest BCUT2D eigenvalue weighted by Gasteiger charge is 2.15. The molecule has 0 radical (unpaired) electrons. The summed E-state index contributed by atoms with van der Waals surface area (Å²) in [7, 11) is 6.12. The standard InChI is InChI=1S/C17H20N2O6/c1-22-14-6-5-12(19(20)21)9-13(14)18-10-11-7-15(23-2)17(25-4)16(8-11)24-3/h5-9,18H,10H2,1-4H3. The van der Waals surface area contributed by atoms with Crippen molar-refractivity contribution in [2.45, 2.75) is 6.54 Å². The van der Waals surface area contributed by atoms with E-state index in [0.29, 0.717) is 35.2 Å². The van der Waals surface area contributed by atoms with Crippen molar-refractivity contribution in [3.63, 3.8) is 0 Å². The van der Waals surface area contributed by atoms with Crippen molar-refractivity contribution >= 4 is 11.4 Å². The number of anilines is 1. The van der Waals surface area contributed by atoms with Crippen molar-refractivity contribution in [2.24, 2.45) is 0 Å². The third-order valence-electron chi connectivity index (χ3n) is 3.60. The number of benzene rings is 2. The van der Waals surface area contributed by atoms with E-state index in [0.717, 1.165) is 5.56 Å². The average molecular weight is 348 g/mol. The summed E-state index contributed by atoms with van der Waals surface area (Å²) in [6.07, 6.45) is 0. The SMILES string of the molecule is COc1ccc([N+](=O)[O-])cc1NCc1cc(OC)c(OC)c(OC)c1. The van der Waals surface area contributed by atoms with Gasteiger partial charge in [-0.3, -0.25) is 10.1 Å². The molecule has 0 fully saturated rings. The van der Waals surface area contributed by atoms with Crippen LogP contribution < -0.4 is 24.3 Å². The van der Waals surface area contributed by atoms with E-state index in [1.165, 1.54) is 40.6 Å². The van der Waals surface area contributed by atoms with E-state index in [-0.39, 0.29) is 5.69 Å². The summed E-state index contributed by atoms with van der Waals surface area (Å²) >= 11 is 0. The fourth-order valence-corrected chi connectivity index (χ4v) is 2.38. The van der Waals surface area contributed by atoms with E-state index >= 15 is 0 Å². The summed E-state index contributed by atoms with van der Waals surface area (Å²) in [6.45, 7) is 0.383. The summed E-state index contributed by atoms with van der Waals surface area (Å²) in [6, 6.07) is 7.98. The monoisotopic (exact) mass is 348 g/mol. The van der Waals surface area contributed by atoms with Gasteiger partial charge in [0.1, 0.15) is 5.75 Å². The topological polar surface area (TPSA) is 92.1 Å². The molecule has 134 valence electrons. The number of non-ortho nitro benzene ring substituents is 1. The maximum Gasteiger partial charge on any atom is 0.271 e. The lowest BCUT2D eigenvalue weighted by Crippen LogP contribution is -2.04. The third kappa shape index (κ3) is 4.03. The molecular formula is C17H20N2O6. The summed E-state index contributed by atoms with van der Waals surface area (Å²) in [4.78, 5) is 10.5. The Balaban J connectivity index is 2.29. The second-order valence-corrected chi connectivity index (χ2v) is 5.03. The summed E-state index contributed by atoms with van der Waals surface area (Å²) in [5.74, 6) is 2.08. The van der Waals surface area contributed by atoms with Crippen molar-refractivity contribution in [1.29, 1.82) is 0 Å². The van der Waals surface area contributed by atoms with E-state index in [4.69, 9.17) is 18.9 Å². The summed E-state index contributed by atoms with van der Waals surface area (Å²) in [5, 5.41) is 14.1. The molecule has 0 amide bonds. The number of hydrogen-bond donors (Lipinski definition) is 1. The van der Waals surface area contributed by atoms with Crippen molar-refractivity contribution in [3.05, 3.63) is 46.0 Å². The first-order chi connectivity index (χ1) is 12.0. The van der Waals surface area contributed by atoms with Crippen LogP contribution in [0.1, 0.15) is 5.56 Å². The van der Waals surface area contributed by atoms with Gasteiger partial charge >= 0.3 is 0 Å². The second kappa shape index (κ2) is 8.09. The molecule has 0 aliphatic rings. The predicted molar refractivity (Wildman–Crippen MR) is 93.1 cm³/mol. The van der Waals surface area contributed by atoms with Gasteiger partial charge in [-0.2, -0.15) is 0 Å². The minimum absolute atomic E-state index is 0.0202. The van der Waals surface area contributed by atoms with Crippen LogP contribution in [0.25, 0.3) is 0 Å². The third-order valence-corrected chi connectivity index (χ3v) is 3.60. The summed E-state index contributed by atoms with van der Waals surface area (Å²) in [5.41, 5.74) is 1.35. The quantitative estimate of drug-likeness (QED) is 0.578. The van der Waals surface area contributed by atoms with Gasteiger partial charge in [0.15, 0.2) is 11.5 Å². The van der Waals surface area contributed by atoms with Crippen LogP contribution in [0.2, 0.25) is 0 Å². The van der Waals surface area contributed by atoms with Crippen LogP contribution in [-0.4, -0.2) is 33.4 Å². The molecule has 0 bridgehead atoms. The van der Waals surface area contributed by atoms with Crippen molar-refractivity contribution in [3.8, 4) is 23.0 Å². The molecule has 8 heteroatoms. The predicted octanol–water partition coefficient (Wildman–Crippen LogP) is 3.24. The molecule has 1 N–H and O–H groups in total. The smallest absolute Gasteiger partial charge is 0.271 e. The zero-order valence-electron chi connectivity index (χ0n) is 14.5. The minimum atomic E-state index is -0.454. The number of hydrogen-bond acceptors (Lipinski definition) is 7. The first-order valence-corrected chi connectivity index (χ1v) is 7.39. The zero-order valence-corrected chi connectivity index (χ0v) is 14.5. The Morgan fingerprint density at radius 2 is 1.52 bits per heavy atom. The van der Waals surface area contributed by atoms with Gasteiger partial charge in [0.25, 0.3) is 5.69 Å². The second-order valence-electron chi connectivity index (χ2n) is 5.03. The van der Waals surface area contributed by atoms with Gasteiger partial charge in [-0.05, 0) is 23.8 Å². The molecule has 25 heavy (non-hydrogen) atoms. The van der Waals surface area contributed by atoms with Crippen LogP contribution >= 0.6 is 0 Å². The van der Waals surface area contributed by atoms with Gasteiger partial charge in [-0.1, -0.05) is 0 Å². The number of rotatable bonds is 8. The lowest BCUT2D eigenvalue weighted by Gasteiger charge is -2.15. The number of methoxy groups -OCH3 is 4. The molecule has 0 spiro atoms. The average Bonchev–Trinajstić information content (AvgIpc) is 2.64. The Morgan fingerprint density at radius 3 is 2.00 bits per heavy atom. The fourth-order valence-electron chi connectivity index (χ4n) is 2.38. The summed E-state index contributed by atoms with van der Waals surface area (Å²) < 4.78 is 21.2. The van der Waals surface area contributed by atoms with Gasteiger partial charge in [-0.25, -0.2) is 0 Å². The van der Waals surface area contributed by atoms with E-state index in [2.05, 4.69) is 5.32 Å². The first-order valence-electron chi connectivity index (χ1n) is 7.39. The number of nitrogens with one attached hydrogen (secondary N) is 1. The molecule has 0 aliphatic carbocycles. The maximum atomic E-state index is 11.0. The maximum absolute atomic E-state index is 11.0. The van der Waals surface area contributed by atoms with Gasteiger partial charge in [0.05, 0.1) is 39.0 Å². The van der Waals surface area contributed by atoms with Gasteiger partial charge in [-0.15, -0.1) is 0 Å². The Hall–Kier alpha value is -3.16. The highest BCUT2D eigenvalue weighted by atomic mass is 16.6. The fraction of sp³-hybridized carbons (Fsp3) is 0.294. The Morgan fingerprint density at radius 1 is 0.920 bits per heavy atom. The number of nitrogens with zero attached hydrogens (tertiary/aromatic N) is 1. The molecule has 8 nitrogen and oxygen atoms in total. The van der Waals surface area contributed by atoms with E-state index in [9.17, 15) is 10.1 Å². The number of nitro benzene ring substituents is 1. The molecule has 0 aromatic heterocycles. The number of nitro groups is 1. The Labute approximate surface area is 145 Å². The van der Waals surface area contributed by atoms with E-state index in [1.807, 2.05) is 0 Å². The molecule has 2 aromatic rings. The van der Waals surface area contributed by atoms with Crippen LogP contribution in [0.5, 0.6) is 23.0 Å². The highest BCUT2D eigenvalue weighted by Crippen LogP contribution is 2.38. The molecule has 0 saturated heterocycles. The van der Waals surface area contributed by atoms with Crippen LogP contribution in [-0.2, 0) is 6.54 Å². The lowest BCUT2D eigenvalue weighted by molar-refractivity contribution is -0.384. The van der Waals surface area contributed by atoms with E-state index < -0.39 is 4.92 Å². The largest absolute Gasteiger partial charge is 0.495 e. The number of ether oxygens (including phenoxy) is 4. The molecule has 2 aromatic carbocycles. The molecule has 2 rings (SSSR count). The van der Waals surface area contributed by atoms with Crippen molar-refractivity contribution < 1.29 is 23.9 Å². The van der Waals surface area contributed by atoms with Gasteiger partial charge in [0.2, 0.25) is 5.75 Å². The normalized spacial score (nSPS) is 10.1. The van der Waals surface area contributed by atoms with Crippen molar-refractivity contribution in [1.82, 2.24) is 0 Å². The zero-order chi connectivity index (χ0) is 18.4. The molecule has 0 heterocycles. The van der Waals surface area contributed by atoms with Crippen LogP contribution in [0.3, 0.4) is 0 Å². The molecule has 0 atom stereocenters. The van der Waals surface area contributed by atoms with Crippen LogP contribution in [0, 0.1) is 10.1 Å². The first kappa shape index (κ1) is 18.2. The van der Waals surface area contributed by atoms with Crippen LogP contribution in [0.15, 0.2) is 30.3 Å². The molecule has 0 aliphatic heterocycles.